The van der Waals surface area contributed by atoms with Crippen molar-refractivity contribution in [3.63, 3.8) is 0 Å². The number of fused-ring (bicyclic) bond motifs is 3. The maximum absolute atomic E-state index is 13.1. The van der Waals surface area contributed by atoms with Crippen LogP contribution in [0.1, 0.15) is 29.9 Å². The molecular formula is C26H28N2O7. The summed E-state index contributed by atoms with van der Waals surface area (Å²) in [6.45, 7) is 1.33. The van der Waals surface area contributed by atoms with Crippen LogP contribution in [-0.4, -0.2) is 79.1 Å². The van der Waals surface area contributed by atoms with E-state index in [-0.39, 0.29) is 38.0 Å². The maximum Gasteiger partial charge on any atom is 0.407 e. The van der Waals surface area contributed by atoms with Crippen molar-refractivity contribution < 1.29 is 33.7 Å². The Morgan fingerprint density at radius 1 is 1.00 bits per heavy atom. The van der Waals surface area contributed by atoms with Gasteiger partial charge in [-0.3, -0.25) is 9.59 Å². The fraction of sp³-hybridized carbons (Fsp3) is 0.423. The molecule has 0 aromatic heterocycles. The minimum atomic E-state index is -0.976. The number of amides is 2. The topological polar surface area (TPSA) is 114 Å². The van der Waals surface area contributed by atoms with E-state index in [9.17, 15) is 14.4 Å². The molecule has 2 N–H and O–H groups in total. The Balaban J connectivity index is 1.19. The van der Waals surface area contributed by atoms with E-state index >= 15 is 0 Å². The second-order valence-corrected chi connectivity index (χ2v) is 9.03. The van der Waals surface area contributed by atoms with Crippen LogP contribution in [0.2, 0.25) is 0 Å². The van der Waals surface area contributed by atoms with Gasteiger partial charge >= 0.3 is 12.1 Å². The largest absolute Gasteiger partial charge is 0.481 e. The Kier molecular flexibility index (Phi) is 6.70. The minimum Gasteiger partial charge on any atom is -0.481 e. The fourth-order valence-corrected chi connectivity index (χ4v) is 5.19. The zero-order chi connectivity index (χ0) is 24.4. The number of aliphatic carboxylic acids is 1. The average Bonchev–Trinajstić information content (AvgIpc) is 3.44. The Labute approximate surface area is 203 Å². The van der Waals surface area contributed by atoms with Gasteiger partial charge in [0.05, 0.1) is 25.2 Å². The number of hydrogen-bond donors (Lipinski definition) is 2. The molecule has 5 rings (SSSR count). The van der Waals surface area contributed by atoms with E-state index in [1.54, 1.807) is 4.90 Å². The van der Waals surface area contributed by atoms with Gasteiger partial charge < -0.3 is 29.5 Å². The summed E-state index contributed by atoms with van der Waals surface area (Å²) in [5.41, 5.74) is 4.56. The molecule has 0 saturated carbocycles. The molecule has 35 heavy (non-hydrogen) atoms. The highest BCUT2D eigenvalue weighted by Crippen LogP contribution is 2.44. The summed E-state index contributed by atoms with van der Waals surface area (Å²) in [5, 5.41) is 11.8. The number of carboxylic acid groups (broad SMARTS) is 1. The van der Waals surface area contributed by atoms with Crippen LogP contribution in [0.15, 0.2) is 48.5 Å². The van der Waals surface area contributed by atoms with Gasteiger partial charge in [-0.05, 0) is 28.7 Å². The van der Waals surface area contributed by atoms with Crippen molar-refractivity contribution >= 4 is 18.0 Å². The van der Waals surface area contributed by atoms with Crippen molar-refractivity contribution in [2.45, 2.75) is 37.0 Å². The van der Waals surface area contributed by atoms with Gasteiger partial charge in [0.25, 0.3) is 5.91 Å². The molecule has 9 heteroatoms. The molecule has 2 saturated heterocycles. The SMILES string of the molecule is O=C(O)CC1CN(C(=O)C2OCCC2NC(=O)OCC2c3ccccc3-c3ccccc32)CCO1. The van der Waals surface area contributed by atoms with E-state index in [2.05, 4.69) is 29.6 Å². The van der Waals surface area contributed by atoms with E-state index in [1.807, 2.05) is 24.3 Å². The molecule has 2 heterocycles. The quantitative estimate of drug-likeness (QED) is 0.653. The zero-order valence-electron chi connectivity index (χ0n) is 19.2. The van der Waals surface area contributed by atoms with Crippen molar-refractivity contribution in [3.05, 3.63) is 59.7 Å². The van der Waals surface area contributed by atoms with Crippen LogP contribution in [-0.2, 0) is 23.8 Å². The van der Waals surface area contributed by atoms with Gasteiger partial charge in [-0.1, -0.05) is 48.5 Å². The smallest absolute Gasteiger partial charge is 0.407 e. The number of carboxylic acids is 1. The lowest BCUT2D eigenvalue weighted by atomic mass is 9.98. The number of carbonyl (C=O) groups is 3. The first kappa shape index (κ1) is 23.3. The lowest BCUT2D eigenvalue weighted by Crippen LogP contribution is -2.54. The summed E-state index contributed by atoms with van der Waals surface area (Å²) < 4.78 is 16.7. The fourth-order valence-electron chi connectivity index (χ4n) is 5.19. The van der Waals surface area contributed by atoms with Gasteiger partial charge in [0, 0.05) is 25.6 Å². The van der Waals surface area contributed by atoms with Crippen LogP contribution < -0.4 is 5.32 Å². The van der Waals surface area contributed by atoms with Crippen LogP contribution in [0.4, 0.5) is 4.79 Å². The van der Waals surface area contributed by atoms with Gasteiger partial charge in [-0.2, -0.15) is 0 Å². The summed E-state index contributed by atoms with van der Waals surface area (Å²) in [6.07, 6.45) is -1.66. The van der Waals surface area contributed by atoms with Crippen molar-refractivity contribution in [2.24, 2.45) is 0 Å². The molecular weight excluding hydrogens is 452 g/mol. The van der Waals surface area contributed by atoms with Crippen molar-refractivity contribution in [1.29, 1.82) is 0 Å². The highest BCUT2D eigenvalue weighted by molar-refractivity contribution is 5.83. The Hall–Kier alpha value is -3.43. The number of rotatable bonds is 6. The molecule has 3 atom stereocenters. The van der Waals surface area contributed by atoms with E-state index in [0.717, 1.165) is 22.3 Å². The highest BCUT2D eigenvalue weighted by atomic mass is 16.6. The third-order valence-corrected chi connectivity index (χ3v) is 6.83. The van der Waals surface area contributed by atoms with Gasteiger partial charge in [0.2, 0.25) is 0 Å². The first-order chi connectivity index (χ1) is 17.0. The second-order valence-electron chi connectivity index (χ2n) is 9.03. The van der Waals surface area contributed by atoms with Crippen molar-refractivity contribution in [3.8, 4) is 11.1 Å². The predicted molar refractivity (Wildman–Crippen MR) is 125 cm³/mol. The molecule has 2 aromatic carbocycles. The van der Waals surface area contributed by atoms with E-state index in [0.29, 0.717) is 19.6 Å². The molecule has 2 amide bonds. The molecule has 9 nitrogen and oxygen atoms in total. The number of carbonyl (C=O) groups excluding carboxylic acids is 2. The van der Waals surface area contributed by atoms with Crippen LogP contribution in [0.3, 0.4) is 0 Å². The number of hydrogen-bond acceptors (Lipinski definition) is 6. The first-order valence-electron chi connectivity index (χ1n) is 11.9. The van der Waals surface area contributed by atoms with Crippen LogP contribution in [0.25, 0.3) is 11.1 Å². The van der Waals surface area contributed by atoms with Crippen LogP contribution in [0.5, 0.6) is 0 Å². The van der Waals surface area contributed by atoms with E-state index in [4.69, 9.17) is 19.3 Å². The summed E-state index contributed by atoms with van der Waals surface area (Å²) in [5.74, 6) is -1.30. The second kappa shape index (κ2) is 10.1. The van der Waals surface area contributed by atoms with Crippen LogP contribution in [0, 0.1) is 0 Å². The Morgan fingerprint density at radius 2 is 1.69 bits per heavy atom. The monoisotopic (exact) mass is 480 g/mol. The normalized spacial score (nSPS) is 23.4. The molecule has 2 aliphatic heterocycles. The van der Waals surface area contributed by atoms with Gasteiger partial charge in [0.1, 0.15) is 6.61 Å². The summed E-state index contributed by atoms with van der Waals surface area (Å²) in [4.78, 5) is 38.3. The summed E-state index contributed by atoms with van der Waals surface area (Å²) in [6, 6.07) is 15.7. The number of morpholine rings is 1. The number of nitrogens with one attached hydrogen (secondary N) is 1. The minimum absolute atomic E-state index is 0.0510. The Morgan fingerprint density at radius 3 is 2.37 bits per heavy atom. The number of nitrogens with zero attached hydrogens (tertiary/aromatic N) is 1. The van der Waals surface area contributed by atoms with Gasteiger partial charge in [0.15, 0.2) is 6.10 Å². The average molecular weight is 481 g/mol. The summed E-state index contributed by atoms with van der Waals surface area (Å²) >= 11 is 0. The standard InChI is InChI=1S/C26H28N2O7/c29-23(30)13-16-14-28(10-12-33-16)25(31)24-22(9-11-34-24)27-26(32)35-15-21-19-7-3-1-5-17(19)18-6-2-4-8-20(18)21/h1-8,16,21-22,24H,9-15H2,(H,27,32)(H,29,30). The molecule has 0 spiro atoms. The molecule has 2 aromatic rings. The molecule has 184 valence electrons. The van der Waals surface area contributed by atoms with Gasteiger partial charge in [-0.15, -0.1) is 0 Å². The summed E-state index contributed by atoms with van der Waals surface area (Å²) in [7, 11) is 0. The predicted octanol–water partition coefficient (Wildman–Crippen LogP) is 2.38. The lowest BCUT2D eigenvalue weighted by molar-refractivity contribution is -0.153. The number of alkyl carbamates (subject to hydrolysis) is 1. The molecule has 2 fully saturated rings. The lowest BCUT2D eigenvalue weighted by Gasteiger charge is -2.34. The first-order valence-corrected chi connectivity index (χ1v) is 11.9. The third-order valence-electron chi connectivity index (χ3n) is 6.83. The van der Waals surface area contributed by atoms with E-state index < -0.39 is 30.3 Å². The number of benzene rings is 2. The van der Waals surface area contributed by atoms with Crippen molar-refractivity contribution in [2.75, 3.05) is 32.9 Å². The van der Waals surface area contributed by atoms with E-state index in [1.165, 1.54) is 0 Å². The molecule has 3 unspecified atom stereocenters. The van der Waals surface area contributed by atoms with Gasteiger partial charge in [-0.25, -0.2) is 4.79 Å². The van der Waals surface area contributed by atoms with Crippen LogP contribution >= 0.6 is 0 Å². The highest BCUT2D eigenvalue weighted by Gasteiger charge is 2.40. The third kappa shape index (κ3) is 4.87. The zero-order valence-corrected chi connectivity index (χ0v) is 19.2. The Bertz CT molecular complexity index is 1070. The van der Waals surface area contributed by atoms with Crippen molar-refractivity contribution in [1.82, 2.24) is 10.2 Å². The maximum atomic E-state index is 13.1. The number of ether oxygens (including phenoxy) is 3. The molecule has 0 radical (unpaired) electrons. The molecule has 1 aliphatic carbocycles. The molecule has 0 bridgehead atoms. The molecule has 3 aliphatic rings.